The van der Waals surface area contributed by atoms with E-state index in [1.54, 1.807) is 18.5 Å². The summed E-state index contributed by atoms with van der Waals surface area (Å²) >= 11 is 1.37. The molecule has 0 spiro atoms. The molecule has 24 heavy (non-hydrogen) atoms. The Morgan fingerprint density at radius 1 is 1.50 bits per heavy atom. The van der Waals surface area contributed by atoms with Gasteiger partial charge in [-0.3, -0.25) is 10.1 Å². The Labute approximate surface area is 142 Å². The second kappa shape index (κ2) is 5.45. The van der Waals surface area contributed by atoms with E-state index in [9.17, 15) is 9.59 Å². The van der Waals surface area contributed by atoms with Crippen LogP contribution in [-0.4, -0.2) is 21.8 Å². The Hall–Kier alpha value is -2.67. The van der Waals surface area contributed by atoms with Crippen molar-refractivity contribution in [1.29, 1.82) is 0 Å². The summed E-state index contributed by atoms with van der Waals surface area (Å²) in [6, 6.07) is 1.41. The zero-order valence-electron chi connectivity index (χ0n) is 13.3. The van der Waals surface area contributed by atoms with Crippen molar-refractivity contribution in [2.24, 2.45) is 0 Å². The highest BCUT2D eigenvalue weighted by molar-refractivity contribution is 7.15. The first kappa shape index (κ1) is 14.9. The van der Waals surface area contributed by atoms with Crippen molar-refractivity contribution in [3.05, 3.63) is 51.6 Å². The standard InChI is InChI=1S/C17H15N3O3S/c1-3-11-12-6-10-4-5-23-14(10)7-13(12)20(15(11)21)17(22)19-16-18-8-9(2)24-16/h4-5,7-8H,3,6H2,1-2H3,(H,18,19,22). The second-order valence-electron chi connectivity index (χ2n) is 5.67. The van der Waals surface area contributed by atoms with Crippen LogP contribution in [0, 0.1) is 6.92 Å². The van der Waals surface area contributed by atoms with Crippen LogP contribution >= 0.6 is 11.3 Å². The first-order valence-electron chi connectivity index (χ1n) is 7.66. The number of carbonyl (C=O) groups is 2. The number of allylic oxidation sites excluding steroid dienone is 1. The lowest BCUT2D eigenvalue weighted by molar-refractivity contribution is -0.121. The highest BCUT2D eigenvalue weighted by Gasteiger charge is 2.40. The monoisotopic (exact) mass is 341 g/mol. The number of hydrogen-bond acceptors (Lipinski definition) is 5. The van der Waals surface area contributed by atoms with Gasteiger partial charge in [0.1, 0.15) is 5.76 Å². The Balaban J connectivity index is 1.71. The first-order valence-corrected chi connectivity index (χ1v) is 8.48. The van der Waals surface area contributed by atoms with E-state index in [4.69, 9.17) is 4.42 Å². The minimum absolute atomic E-state index is 0.269. The Kier molecular flexibility index (Phi) is 3.38. The molecule has 3 heterocycles. The van der Waals surface area contributed by atoms with Gasteiger partial charge in [0.25, 0.3) is 5.91 Å². The number of rotatable bonds is 2. The molecule has 0 bridgehead atoms. The van der Waals surface area contributed by atoms with Gasteiger partial charge >= 0.3 is 6.03 Å². The van der Waals surface area contributed by atoms with Crippen molar-refractivity contribution >= 4 is 34.5 Å². The van der Waals surface area contributed by atoms with Gasteiger partial charge in [-0.05, 0) is 25.0 Å². The molecule has 0 fully saturated rings. The lowest BCUT2D eigenvalue weighted by atomic mass is 9.94. The quantitative estimate of drug-likeness (QED) is 0.903. The minimum atomic E-state index is -0.489. The third-order valence-electron chi connectivity index (χ3n) is 4.18. The number of imide groups is 1. The van der Waals surface area contributed by atoms with Crippen LogP contribution in [0.2, 0.25) is 0 Å². The number of nitrogens with zero attached hydrogens (tertiary/aromatic N) is 2. The van der Waals surface area contributed by atoms with E-state index in [1.807, 2.05) is 19.9 Å². The summed E-state index contributed by atoms with van der Waals surface area (Å²) in [5.74, 6) is 0.427. The fourth-order valence-electron chi connectivity index (χ4n) is 3.07. The number of aromatic nitrogens is 1. The molecule has 6 nitrogen and oxygen atoms in total. The topological polar surface area (TPSA) is 75.4 Å². The molecule has 1 N–H and O–H groups in total. The van der Waals surface area contributed by atoms with Gasteiger partial charge in [-0.15, -0.1) is 11.3 Å². The second-order valence-corrected chi connectivity index (χ2v) is 6.91. The van der Waals surface area contributed by atoms with Crippen LogP contribution in [0.4, 0.5) is 9.93 Å². The highest BCUT2D eigenvalue weighted by atomic mass is 32.1. The summed E-state index contributed by atoms with van der Waals surface area (Å²) in [6.07, 6.45) is 6.26. The van der Waals surface area contributed by atoms with E-state index in [1.165, 1.54) is 16.2 Å². The number of hydrogen-bond donors (Lipinski definition) is 1. The maximum absolute atomic E-state index is 12.7. The SMILES string of the molecule is CCC1=C2Cc3ccoc3C=C2N(C(=O)Nc2ncc(C)s2)C1=O. The minimum Gasteiger partial charge on any atom is -0.465 e. The van der Waals surface area contributed by atoms with Gasteiger partial charge in [0.05, 0.1) is 12.0 Å². The summed E-state index contributed by atoms with van der Waals surface area (Å²) in [5, 5.41) is 3.18. The molecule has 1 aliphatic carbocycles. The number of aryl methyl sites for hydroxylation is 1. The fraction of sp³-hybridized carbons (Fsp3) is 0.235. The summed E-state index contributed by atoms with van der Waals surface area (Å²) in [5.41, 5.74) is 3.22. The molecule has 3 amide bonds. The average Bonchev–Trinajstić information content (AvgIpc) is 3.22. The van der Waals surface area contributed by atoms with E-state index in [-0.39, 0.29) is 5.91 Å². The normalized spacial score (nSPS) is 16.2. The highest BCUT2D eigenvalue weighted by Crippen LogP contribution is 2.39. The van der Waals surface area contributed by atoms with E-state index in [2.05, 4.69) is 10.3 Å². The Morgan fingerprint density at radius 2 is 2.33 bits per heavy atom. The van der Waals surface area contributed by atoms with Crippen LogP contribution in [0.5, 0.6) is 0 Å². The lowest BCUT2D eigenvalue weighted by Crippen LogP contribution is -2.36. The van der Waals surface area contributed by atoms with Gasteiger partial charge in [0, 0.05) is 34.7 Å². The van der Waals surface area contributed by atoms with Crippen molar-refractivity contribution in [3.63, 3.8) is 0 Å². The maximum Gasteiger partial charge on any atom is 0.335 e. The van der Waals surface area contributed by atoms with Crippen LogP contribution in [0.1, 0.15) is 29.5 Å². The van der Waals surface area contributed by atoms with E-state index in [0.717, 1.165) is 16.0 Å². The first-order chi connectivity index (χ1) is 11.6. The zero-order valence-corrected chi connectivity index (χ0v) is 14.1. The number of urea groups is 1. The van der Waals surface area contributed by atoms with Gasteiger partial charge in [-0.25, -0.2) is 14.7 Å². The number of carbonyl (C=O) groups excluding carboxylic acids is 2. The molecule has 0 saturated carbocycles. The average molecular weight is 341 g/mol. The summed E-state index contributed by atoms with van der Waals surface area (Å²) in [6.45, 7) is 3.83. The molecule has 0 radical (unpaired) electrons. The van der Waals surface area contributed by atoms with E-state index in [0.29, 0.717) is 35.0 Å². The summed E-state index contributed by atoms with van der Waals surface area (Å²) in [7, 11) is 0. The Morgan fingerprint density at radius 3 is 3.04 bits per heavy atom. The summed E-state index contributed by atoms with van der Waals surface area (Å²) < 4.78 is 5.44. The summed E-state index contributed by atoms with van der Waals surface area (Å²) in [4.78, 5) is 31.7. The number of fused-ring (bicyclic) bond motifs is 2. The van der Waals surface area contributed by atoms with Crippen molar-refractivity contribution < 1.29 is 14.0 Å². The fourth-order valence-corrected chi connectivity index (χ4v) is 3.73. The van der Waals surface area contributed by atoms with Gasteiger partial charge in [-0.2, -0.15) is 0 Å². The molecule has 2 aliphatic rings. The van der Waals surface area contributed by atoms with Crippen molar-refractivity contribution in [2.45, 2.75) is 26.7 Å². The number of furan rings is 1. The predicted octanol–water partition coefficient (Wildman–Crippen LogP) is 3.72. The van der Waals surface area contributed by atoms with Gasteiger partial charge in [-0.1, -0.05) is 6.92 Å². The molecule has 0 saturated heterocycles. The van der Waals surface area contributed by atoms with Gasteiger partial charge in [0.15, 0.2) is 5.13 Å². The third kappa shape index (κ3) is 2.20. The molecule has 0 aromatic carbocycles. The Bertz CT molecular complexity index is 919. The largest absolute Gasteiger partial charge is 0.465 e. The maximum atomic E-state index is 12.7. The van der Waals surface area contributed by atoms with Crippen molar-refractivity contribution in [2.75, 3.05) is 5.32 Å². The third-order valence-corrected chi connectivity index (χ3v) is 5.01. The number of anilines is 1. The van der Waals surface area contributed by atoms with E-state index >= 15 is 0 Å². The van der Waals surface area contributed by atoms with Crippen LogP contribution in [0.15, 0.2) is 39.8 Å². The van der Waals surface area contributed by atoms with Crippen LogP contribution in [0.25, 0.3) is 6.08 Å². The number of nitrogens with one attached hydrogen (secondary N) is 1. The molecule has 122 valence electrons. The number of amides is 3. The van der Waals surface area contributed by atoms with Crippen LogP contribution < -0.4 is 5.32 Å². The molecule has 0 unspecified atom stereocenters. The molecule has 4 rings (SSSR count). The lowest BCUT2D eigenvalue weighted by Gasteiger charge is -2.20. The molecular weight excluding hydrogens is 326 g/mol. The van der Waals surface area contributed by atoms with Gasteiger partial charge < -0.3 is 4.42 Å². The van der Waals surface area contributed by atoms with E-state index < -0.39 is 6.03 Å². The molecular formula is C17H15N3O3S. The molecule has 0 atom stereocenters. The molecule has 7 heteroatoms. The molecule has 2 aromatic heterocycles. The van der Waals surface area contributed by atoms with Crippen molar-refractivity contribution in [3.8, 4) is 0 Å². The number of thiazole rings is 1. The predicted molar refractivity (Wildman–Crippen MR) is 90.4 cm³/mol. The van der Waals surface area contributed by atoms with Gasteiger partial charge in [0.2, 0.25) is 0 Å². The van der Waals surface area contributed by atoms with Crippen LogP contribution in [-0.2, 0) is 11.2 Å². The van der Waals surface area contributed by atoms with Crippen LogP contribution in [0.3, 0.4) is 0 Å². The zero-order chi connectivity index (χ0) is 16.8. The molecule has 1 aliphatic heterocycles. The van der Waals surface area contributed by atoms with Crippen molar-refractivity contribution in [1.82, 2.24) is 9.88 Å². The molecule has 2 aromatic rings. The smallest absolute Gasteiger partial charge is 0.335 e.